The van der Waals surface area contributed by atoms with Gasteiger partial charge in [-0.1, -0.05) is 29.8 Å². The Balaban J connectivity index is 1.87. The van der Waals surface area contributed by atoms with Crippen LogP contribution >= 0.6 is 0 Å². The lowest BCUT2D eigenvalue weighted by Gasteiger charge is -2.19. The van der Waals surface area contributed by atoms with Crippen LogP contribution in [0.15, 0.2) is 53.8 Å². The molecule has 2 heteroatoms. The molecule has 0 N–H and O–H groups in total. The Hall–Kier alpha value is -1.70. The van der Waals surface area contributed by atoms with E-state index in [9.17, 15) is 0 Å². The van der Waals surface area contributed by atoms with Gasteiger partial charge in [-0.05, 0) is 31.6 Å². The molecule has 0 fully saturated rings. The maximum Gasteiger partial charge on any atom is 0.119 e. The molecule has 2 nitrogen and oxygen atoms in total. The minimum atomic E-state index is 0.205. The van der Waals surface area contributed by atoms with Crippen LogP contribution in [0.5, 0.6) is 5.75 Å². The predicted molar refractivity (Wildman–Crippen MR) is 73.6 cm³/mol. The smallest absolute Gasteiger partial charge is 0.119 e. The van der Waals surface area contributed by atoms with Gasteiger partial charge in [-0.2, -0.15) is 0 Å². The average Bonchev–Trinajstić information content (AvgIpc) is 2.40. The summed E-state index contributed by atoms with van der Waals surface area (Å²) in [5, 5.41) is 0. The van der Waals surface area contributed by atoms with Crippen LogP contribution in [0.1, 0.15) is 26.2 Å². The Morgan fingerprint density at radius 1 is 1.11 bits per heavy atom. The van der Waals surface area contributed by atoms with E-state index in [-0.39, 0.29) is 6.10 Å². The van der Waals surface area contributed by atoms with Gasteiger partial charge in [0.2, 0.25) is 0 Å². The molecule has 1 atom stereocenters. The number of benzene rings is 1. The van der Waals surface area contributed by atoms with E-state index in [0.717, 1.165) is 30.8 Å². The summed E-state index contributed by atoms with van der Waals surface area (Å²) < 4.78 is 11.1. The van der Waals surface area contributed by atoms with Gasteiger partial charge < -0.3 is 9.47 Å². The molecular weight excluding hydrogens is 224 g/mol. The lowest BCUT2D eigenvalue weighted by molar-refractivity contribution is 0.219. The lowest BCUT2D eigenvalue weighted by atomic mass is 9.99. The summed E-state index contributed by atoms with van der Waals surface area (Å²) in [6.07, 6.45) is 7.47. The van der Waals surface area contributed by atoms with Crippen LogP contribution in [-0.2, 0) is 4.74 Å². The highest BCUT2D eigenvalue weighted by Crippen LogP contribution is 2.23. The van der Waals surface area contributed by atoms with E-state index in [1.54, 1.807) is 7.11 Å². The molecule has 0 saturated heterocycles. The van der Waals surface area contributed by atoms with Crippen LogP contribution in [0.2, 0.25) is 0 Å². The predicted octanol–water partition coefficient (Wildman–Crippen LogP) is 4.09. The normalized spacial score (nSPS) is 16.6. The first-order valence-electron chi connectivity index (χ1n) is 6.42. The van der Waals surface area contributed by atoms with Gasteiger partial charge in [-0.3, -0.25) is 0 Å². The minimum absolute atomic E-state index is 0.205. The molecule has 1 aromatic carbocycles. The summed E-state index contributed by atoms with van der Waals surface area (Å²) >= 11 is 0. The first kappa shape index (κ1) is 12.7. The molecular formula is C16H20O2. The molecule has 96 valence electrons. The van der Waals surface area contributed by atoms with Gasteiger partial charge in [0.05, 0.1) is 19.0 Å². The third kappa shape index (κ3) is 3.66. The molecule has 0 amide bonds. The number of para-hydroxylation sites is 1. The Morgan fingerprint density at radius 3 is 2.50 bits per heavy atom. The van der Waals surface area contributed by atoms with E-state index in [4.69, 9.17) is 9.47 Å². The number of hydrogen-bond acceptors (Lipinski definition) is 2. The highest BCUT2D eigenvalue weighted by molar-refractivity contribution is 5.23. The second-order valence-electron chi connectivity index (χ2n) is 4.61. The Morgan fingerprint density at radius 2 is 1.89 bits per heavy atom. The van der Waals surface area contributed by atoms with E-state index < -0.39 is 0 Å². The summed E-state index contributed by atoms with van der Waals surface area (Å²) in [6, 6.07) is 9.98. The van der Waals surface area contributed by atoms with Crippen molar-refractivity contribution in [2.24, 2.45) is 0 Å². The van der Waals surface area contributed by atoms with Crippen molar-refractivity contribution >= 4 is 0 Å². The molecule has 0 radical (unpaired) electrons. The van der Waals surface area contributed by atoms with Crippen molar-refractivity contribution in [1.82, 2.24) is 0 Å². The first-order chi connectivity index (χ1) is 8.78. The first-order valence-corrected chi connectivity index (χ1v) is 6.42. The molecule has 2 rings (SSSR count). The van der Waals surface area contributed by atoms with Crippen molar-refractivity contribution in [2.45, 2.75) is 32.3 Å². The molecule has 1 aliphatic carbocycles. The Kier molecular flexibility index (Phi) is 4.46. The quantitative estimate of drug-likeness (QED) is 0.776. The zero-order valence-corrected chi connectivity index (χ0v) is 11.1. The number of hydrogen-bond donors (Lipinski definition) is 0. The number of rotatable bonds is 5. The second kappa shape index (κ2) is 6.29. The van der Waals surface area contributed by atoms with Gasteiger partial charge in [-0.25, -0.2) is 0 Å². The summed E-state index contributed by atoms with van der Waals surface area (Å²) in [5.74, 6) is 2.00. The van der Waals surface area contributed by atoms with Gasteiger partial charge >= 0.3 is 0 Å². The third-order valence-electron chi connectivity index (χ3n) is 3.09. The summed E-state index contributed by atoms with van der Waals surface area (Å²) in [7, 11) is 1.73. The van der Waals surface area contributed by atoms with Crippen LogP contribution in [0.4, 0.5) is 0 Å². The molecule has 0 spiro atoms. The van der Waals surface area contributed by atoms with Crippen LogP contribution in [0.3, 0.4) is 0 Å². The van der Waals surface area contributed by atoms with Gasteiger partial charge in [0.15, 0.2) is 0 Å². The maximum absolute atomic E-state index is 5.88. The molecule has 1 aliphatic rings. The monoisotopic (exact) mass is 244 g/mol. The zero-order valence-electron chi connectivity index (χ0n) is 11.1. The molecule has 0 bridgehead atoms. The fraction of sp³-hybridized carbons (Fsp3) is 0.375. The molecule has 0 aromatic heterocycles. The molecule has 1 aromatic rings. The molecule has 1 unspecified atom stereocenters. The standard InChI is InChI=1S/C16H20O2/c1-13(18-16-6-4-3-5-7-16)12-14-8-10-15(17-2)11-9-14/h3-8,10,13H,9,11-12H2,1-2H3. The van der Waals surface area contributed by atoms with Gasteiger partial charge in [0.25, 0.3) is 0 Å². The lowest BCUT2D eigenvalue weighted by Crippen LogP contribution is -2.13. The van der Waals surface area contributed by atoms with Gasteiger partial charge in [0.1, 0.15) is 5.75 Å². The van der Waals surface area contributed by atoms with Crippen molar-refractivity contribution in [1.29, 1.82) is 0 Å². The number of methoxy groups -OCH3 is 1. The fourth-order valence-corrected chi connectivity index (χ4v) is 2.14. The van der Waals surface area contributed by atoms with E-state index in [1.807, 2.05) is 30.3 Å². The van der Waals surface area contributed by atoms with E-state index in [2.05, 4.69) is 19.1 Å². The number of allylic oxidation sites excluding steroid dienone is 3. The number of ether oxygens (including phenoxy) is 2. The van der Waals surface area contributed by atoms with Crippen molar-refractivity contribution in [3.05, 3.63) is 53.8 Å². The largest absolute Gasteiger partial charge is 0.501 e. The van der Waals surface area contributed by atoms with Crippen LogP contribution < -0.4 is 4.74 Å². The highest BCUT2D eigenvalue weighted by atomic mass is 16.5. The fourth-order valence-electron chi connectivity index (χ4n) is 2.14. The molecule has 18 heavy (non-hydrogen) atoms. The van der Waals surface area contributed by atoms with Gasteiger partial charge in [0, 0.05) is 12.8 Å². The van der Waals surface area contributed by atoms with Crippen LogP contribution in [0.25, 0.3) is 0 Å². The highest BCUT2D eigenvalue weighted by Gasteiger charge is 2.11. The zero-order chi connectivity index (χ0) is 12.8. The molecule has 0 saturated carbocycles. The minimum Gasteiger partial charge on any atom is -0.501 e. The van der Waals surface area contributed by atoms with Crippen molar-refractivity contribution in [3.8, 4) is 5.75 Å². The maximum atomic E-state index is 5.88. The van der Waals surface area contributed by atoms with Crippen molar-refractivity contribution in [2.75, 3.05) is 7.11 Å². The summed E-state index contributed by atoms with van der Waals surface area (Å²) in [5.41, 5.74) is 1.43. The summed E-state index contributed by atoms with van der Waals surface area (Å²) in [6.45, 7) is 2.11. The van der Waals surface area contributed by atoms with Crippen LogP contribution in [-0.4, -0.2) is 13.2 Å². The molecule has 0 heterocycles. The SMILES string of the molecule is COC1=CC=C(CC(C)Oc2ccccc2)CC1. The van der Waals surface area contributed by atoms with E-state index in [1.165, 1.54) is 5.57 Å². The topological polar surface area (TPSA) is 18.5 Å². The Bertz CT molecular complexity index is 432. The Labute approximate surface area is 109 Å². The van der Waals surface area contributed by atoms with Crippen molar-refractivity contribution < 1.29 is 9.47 Å². The van der Waals surface area contributed by atoms with Gasteiger partial charge in [-0.15, -0.1) is 0 Å². The van der Waals surface area contributed by atoms with E-state index >= 15 is 0 Å². The van der Waals surface area contributed by atoms with Crippen molar-refractivity contribution in [3.63, 3.8) is 0 Å². The molecule has 0 aliphatic heterocycles. The second-order valence-corrected chi connectivity index (χ2v) is 4.61. The van der Waals surface area contributed by atoms with Crippen LogP contribution in [0, 0.1) is 0 Å². The van der Waals surface area contributed by atoms with E-state index in [0.29, 0.717) is 0 Å². The third-order valence-corrected chi connectivity index (χ3v) is 3.09. The average molecular weight is 244 g/mol. The summed E-state index contributed by atoms with van der Waals surface area (Å²) in [4.78, 5) is 0.